The topological polar surface area (TPSA) is 322 Å². The lowest BCUT2D eigenvalue weighted by Crippen LogP contribution is -2.24. The molecule has 0 bridgehead atoms. The summed E-state index contributed by atoms with van der Waals surface area (Å²) in [6.07, 6.45) is 13.1. The Hall–Kier alpha value is -6.26. The van der Waals surface area contributed by atoms with Gasteiger partial charge in [0.05, 0.1) is 64.4 Å². The number of rotatable bonds is 13. The second-order valence-electron chi connectivity index (χ2n) is 19.9. The Morgan fingerprint density at radius 1 is 0.429 bits per heavy atom. The van der Waals surface area contributed by atoms with E-state index in [0.29, 0.717) is 11.5 Å². The van der Waals surface area contributed by atoms with Crippen molar-refractivity contribution in [1.82, 2.24) is 10.6 Å². The number of imide groups is 1. The van der Waals surface area contributed by atoms with Gasteiger partial charge in [-0.1, -0.05) is 135 Å². The molecule has 3 aliphatic heterocycles. The van der Waals surface area contributed by atoms with Gasteiger partial charge in [0.25, 0.3) is 10.1 Å². The first-order chi connectivity index (χ1) is 57.6. The molecule has 0 aliphatic carbocycles. The number of phenolic OH excluding ortho intramolecular Hbond substituents is 3. The number of ether oxygens (including phenoxy) is 8. The van der Waals surface area contributed by atoms with Crippen molar-refractivity contribution in [3.05, 3.63) is 175 Å². The van der Waals surface area contributed by atoms with E-state index in [-0.39, 0.29) is 105 Å². The maximum absolute atomic E-state index is 10.5. The number of aromatic hydroxyl groups is 3. The highest BCUT2D eigenvalue weighted by Gasteiger charge is 2.24. The highest BCUT2D eigenvalue weighted by molar-refractivity contribution is 7.99. The number of carbonyl (C=O) groups is 4. The zero-order chi connectivity index (χ0) is 95.4. The average molecular weight is 1900 g/mol. The molecule has 3 amide bonds. The number of aldehydes is 2. The Kier molecular flexibility index (Phi) is 171. The Morgan fingerprint density at radius 2 is 0.627 bits per heavy atom. The average Bonchev–Trinajstić information content (AvgIpc) is 1.15. The standard InChI is InChI=1S/3C9H12OS.C7H8O3S.2C7H8OS.C6H6OS.C4H6N2O2.2C4H8O2.C3H8.C2H6O2.C2H6O.2C2H4O.7C2H6.6B.4H2/c3*1-3-10-8-4-6-9(11-2)7-5-8;1-6-2-4-7(5-3-6)11(8,9)10;2*1-9-7-4-2-6(8)3-5-7;7-5-1-3-6(8)4-2-5;1-2-3(7)6-4(8)5-2;2*1-4-5-2-3-6-4;1-3-2;3-1-2-4;1-3-2;2*1-2-3;7*1-2;;;;;;;;;;/h3*4-7H,3H2,1-2H3;2-5H,1H3,(H,8,9,10);2*2-5,8H,1H3;1-4,7-8H;2H,1H3,(H2,5,6,7,8);2*4H,2-3H2,1H3;3H2,1-2H3;3-4H,1-2H2;1-2H3;2*2H,1H3;7*1-2H3;;;;;;;4*1H/i;;;;;;;;;;;;;;;;;;;;;;;;;;;;4*1+1. The Morgan fingerprint density at radius 3 is 0.754 bits per heavy atom. The Balaban J connectivity index is -0.0000000479. The van der Waals surface area contributed by atoms with Crippen LogP contribution in [0, 0.1) is 6.92 Å². The molecule has 35 heteroatoms. The van der Waals surface area contributed by atoms with Crippen LogP contribution in [0.1, 0.15) is 184 Å². The summed E-state index contributed by atoms with van der Waals surface area (Å²) in [5, 5.41) is 46.1. The first-order valence-electron chi connectivity index (χ1n) is 40.1. The number of thiol groups is 1. The molecule has 0 aromatic heterocycles. The molecular weight excluding hydrogens is 1730 g/mol. The molecule has 3 fully saturated rings. The van der Waals surface area contributed by atoms with E-state index in [9.17, 15) is 18.0 Å². The fourth-order valence-electron chi connectivity index (χ4n) is 6.31. The van der Waals surface area contributed by atoms with Crippen molar-refractivity contribution in [2.24, 2.45) is 0 Å². The smallest absolute Gasteiger partial charge is 0.322 e. The molecule has 8 N–H and O–H groups in total. The molecule has 720 valence electrons. The van der Waals surface area contributed by atoms with Crippen molar-refractivity contribution < 1.29 is 101 Å². The fraction of sp³-hybridized carbons (Fsp3) is 0.495. The number of methoxy groups -OCH3 is 1. The predicted octanol–water partition coefficient (Wildman–Crippen LogP) is 22.5. The molecule has 10 rings (SSSR count). The number of amides is 3. The van der Waals surface area contributed by atoms with Crippen molar-refractivity contribution in [3.8, 4) is 34.5 Å². The van der Waals surface area contributed by atoms with Gasteiger partial charge in [-0.15, -0.1) is 71.4 Å². The second-order valence-corrected chi connectivity index (χ2v) is 26.2. The molecule has 3 heterocycles. The minimum absolute atomic E-state index is 0. The third-order valence-electron chi connectivity index (χ3n) is 11.1. The summed E-state index contributed by atoms with van der Waals surface area (Å²) < 4.78 is 69.4. The van der Waals surface area contributed by atoms with Crippen LogP contribution in [-0.2, 0) is 48.2 Å². The van der Waals surface area contributed by atoms with Gasteiger partial charge in [0, 0.05) is 99.8 Å². The fourth-order valence-corrected chi connectivity index (χ4v) is 8.98. The number of aliphatic hydroxyl groups is 2. The SMILES string of the molecule is CC.CC.CC.CC.CC.CC.CC.CC1NC(=O)NC1=O.CC1OCCO1.CC1OCCO1.CC=O.CC=O.CCC.CCOc1ccc(SC)cc1.CCOc1ccc(SC)cc1.CCOc1ccc(SC)cc1.COC.CSc1ccc(O)cc1.CSc1ccc(O)cc1.Cc1ccc(S(=O)(=O)O)cc1.OCCO.Oc1ccc(S)cc1.[2HH].[2HH].[2HH].[2HH].[B].[B].[B].[B].[B].[B]. The van der Waals surface area contributed by atoms with Crippen LogP contribution in [0.4, 0.5) is 4.79 Å². The summed E-state index contributed by atoms with van der Waals surface area (Å²) in [4.78, 5) is 45.2. The number of nitrogens with one attached hydrogen (secondary N) is 2. The summed E-state index contributed by atoms with van der Waals surface area (Å²) >= 11 is 12.6. The monoisotopic (exact) mass is 1900 g/mol. The molecule has 1 atom stereocenters. The molecule has 3 aliphatic rings. The maximum atomic E-state index is 10.5. The van der Waals surface area contributed by atoms with Gasteiger partial charge in [0.2, 0.25) is 5.91 Å². The van der Waals surface area contributed by atoms with Gasteiger partial charge < -0.3 is 78.3 Å². The first kappa shape index (κ1) is 163. The van der Waals surface area contributed by atoms with Crippen molar-refractivity contribution in [1.29, 1.82) is 0 Å². The van der Waals surface area contributed by atoms with Crippen LogP contribution in [-0.4, -0.2) is 237 Å². The largest absolute Gasteiger partial charge is 0.508 e. The number of urea groups is 1. The van der Waals surface area contributed by atoms with Crippen LogP contribution >= 0.6 is 71.4 Å². The van der Waals surface area contributed by atoms with E-state index in [4.69, 9.17) is 72.8 Å². The number of carbonyl (C=O) groups excluding carboxylic acids is 4. The number of aliphatic hydroxyl groups excluding tert-OH is 2. The lowest BCUT2D eigenvalue weighted by Gasteiger charge is -2.02. The number of benzene rings is 7. The minimum atomic E-state index is -4.02. The predicted molar refractivity (Wildman–Crippen MR) is 562 cm³/mol. The summed E-state index contributed by atoms with van der Waals surface area (Å²) in [6, 6.07) is 50.6. The first-order valence-corrected chi connectivity index (χ1v) is 48.1. The second kappa shape index (κ2) is 132. The summed E-state index contributed by atoms with van der Waals surface area (Å²) in [7, 11) is -0.770. The van der Waals surface area contributed by atoms with Gasteiger partial charge in [-0.05, 0) is 251 Å². The van der Waals surface area contributed by atoms with E-state index in [2.05, 4.69) is 97.0 Å². The van der Waals surface area contributed by atoms with Crippen molar-refractivity contribution >= 4 is 157 Å². The molecular formula is C91H166B6N2O20S7. The van der Waals surface area contributed by atoms with Crippen LogP contribution < -0.4 is 24.8 Å². The molecule has 1 unspecified atom stereocenters. The molecule has 3 saturated heterocycles. The van der Waals surface area contributed by atoms with Crippen LogP contribution in [0.2, 0.25) is 0 Å². The zero-order valence-electron chi connectivity index (χ0n) is 81.9. The molecule has 22 nitrogen and oxygen atoms in total. The van der Waals surface area contributed by atoms with Crippen molar-refractivity contribution in [2.45, 2.75) is 232 Å². The van der Waals surface area contributed by atoms with Gasteiger partial charge in [-0.3, -0.25) is 14.7 Å². The molecule has 7 aromatic rings. The quantitative estimate of drug-likeness (QED) is 0.0129. The van der Waals surface area contributed by atoms with Gasteiger partial charge in [-0.2, -0.15) is 8.42 Å². The van der Waals surface area contributed by atoms with Crippen molar-refractivity contribution in [2.75, 3.05) is 105 Å². The third-order valence-corrected chi connectivity index (χ3v) is 16.0. The van der Waals surface area contributed by atoms with E-state index in [1.165, 1.54) is 56.9 Å². The Labute approximate surface area is 810 Å². The number of hydrogen-bond acceptors (Lipinski definition) is 25. The highest BCUT2D eigenvalue weighted by Crippen LogP contribution is 2.22. The van der Waals surface area contributed by atoms with Gasteiger partial charge >= 0.3 is 6.03 Å². The van der Waals surface area contributed by atoms with Gasteiger partial charge in [0.15, 0.2) is 12.6 Å². The lowest BCUT2D eigenvalue weighted by molar-refractivity contribution is -0.119. The highest BCUT2D eigenvalue weighted by atomic mass is 32.2. The van der Waals surface area contributed by atoms with E-state index >= 15 is 0 Å². The minimum Gasteiger partial charge on any atom is -0.508 e. The van der Waals surface area contributed by atoms with E-state index in [1.54, 1.807) is 141 Å². The van der Waals surface area contributed by atoms with E-state index < -0.39 is 16.1 Å². The summed E-state index contributed by atoms with van der Waals surface area (Å²) in [5.74, 6) is 3.53. The number of phenols is 3. The molecule has 0 saturated carbocycles. The van der Waals surface area contributed by atoms with Crippen LogP contribution in [0.25, 0.3) is 0 Å². The molecule has 0 spiro atoms. The normalized spacial score (nSPS) is 10.7. The van der Waals surface area contributed by atoms with Crippen molar-refractivity contribution in [3.63, 3.8) is 0 Å². The number of thioether (sulfide) groups is 5. The zero-order valence-corrected chi connectivity index (χ0v) is 87.7. The van der Waals surface area contributed by atoms with Crippen LogP contribution in [0.15, 0.2) is 204 Å². The number of aryl methyl sites for hydroxylation is 1. The van der Waals surface area contributed by atoms with Gasteiger partial charge in [0.1, 0.15) is 53.1 Å². The van der Waals surface area contributed by atoms with Crippen LogP contribution in [0.5, 0.6) is 34.5 Å². The van der Waals surface area contributed by atoms with Crippen LogP contribution in [0.3, 0.4) is 0 Å². The lowest BCUT2D eigenvalue weighted by atomic mass is 10.2. The Bertz CT molecular complexity index is 3110. The number of hydrogen-bond donors (Lipinski definition) is 9. The summed E-state index contributed by atoms with van der Waals surface area (Å²) in [5.41, 5.74) is 0.956. The maximum Gasteiger partial charge on any atom is 0.322 e. The molecule has 7 aromatic carbocycles. The molecule has 18 radical (unpaired) electrons. The van der Waals surface area contributed by atoms with E-state index in [0.717, 1.165) is 86.5 Å². The van der Waals surface area contributed by atoms with Gasteiger partial charge in [-0.25, -0.2) is 4.79 Å². The molecule has 126 heavy (non-hydrogen) atoms. The summed E-state index contributed by atoms with van der Waals surface area (Å²) in [6.45, 7) is 53.4. The van der Waals surface area contributed by atoms with E-state index in [1.807, 2.05) is 212 Å². The third kappa shape index (κ3) is 120.